The van der Waals surface area contributed by atoms with Gasteiger partial charge in [-0.1, -0.05) is 72.0 Å². The monoisotopic (exact) mass is 657 g/mol. The number of fused-ring (bicyclic) bond motifs is 1. The minimum absolute atomic E-state index is 0.150. The molecule has 0 unspecified atom stereocenters. The molecular formula is C38H31N3O6S. The number of rotatable bonds is 10. The van der Waals surface area contributed by atoms with Crippen molar-refractivity contribution < 1.29 is 23.7 Å². The van der Waals surface area contributed by atoms with Crippen LogP contribution in [0.3, 0.4) is 0 Å². The van der Waals surface area contributed by atoms with Gasteiger partial charge in [0.1, 0.15) is 12.4 Å². The van der Waals surface area contributed by atoms with Crippen LogP contribution in [0.25, 0.3) is 11.8 Å². The Morgan fingerprint density at radius 3 is 2.44 bits per heavy atom. The van der Waals surface area contributed by atoms with Crippen molar-refractivity contribution in [3.63, 3.8) is 0 Å². The van der Waals surface area contributed by atoms with Gasteiger partial charge in [-0.15, -0.1) is 0 Å². The predicted octanol–water partition coefficient (Wildman–Crippen LogP) is 5.40. The molecule has 0 N–H and O–H groups in total. The van der Waals surface area contributed by atoms with E-state index in [1.54, 1.807) is 48.9 Å². The summed E-state index contributed by atoms with van der Waals surface area (Å²) in [4.78, 5) is 33.4. The molecule has 10 heteroatoms. The lowest BCUT2D eigenvalue weighted by Gasteiger charge is -2.26. The van der Waals surface area contributed by atoms with E-state index in [-0.39, 0.29) is 17.7 Å². The quantitative estimate of drug-likeness (QED) is 0.185. The van der Waals surface area contributed by atoms with Crippen LogP contribution >= 0.6 is 11.3 Å². The lowest BCUT2D eigenvalue weighted by Crippen LogP contribution is -2.40. The maximum Gasteiger partial charge on any atom is 0.338 e. The summed E-state index contributed by atoms with van der Waals surface area (Å²) < 4.78 is 24.6. The summed E-state index contributed by atoms with van der Waals surface area (Å²) in [6.45, 7) is 2.21. The van der Waals surface area contributed by atoms with Gasteiger partial charge in [-0.3, -0.25) is 9.36 Å². The van der Waals surface area contributed by atoms with Crippen molar-refractivity contribution in [1.82, 2.24) is 4.57 Å². The van der Waals surface area contributed by atoms with Crippen LogP contribution in [0.5, 0.6) is 17.2 Å². The van der Waals surface area contributed by atoms with Gasteiger partial charge in [0, 0.05) is 5.56 Å². The number of hydrogen-bond acceptors (Lipinski definition) is 9. The first-order valence-corrected chi connectivity index (χ1v) is 16.0. The number of benzene rings is 4. The lowest BCUT2D eigenvalue weighted by molar-refractivity contribution is -0.138. The summed E-state index contributed by atoms with van der Waals surface area (Å²) in [5.74, 6) is 1.03. The number of esters is 1. The normalized spacial score (nSPS) is 14.0. The minimum Gasteiger partial charge on any atom is -0.493 e. The third kappa shape index (κ3) is 6.49. The summed E-state index contributed by atoms with van der Waals surface area (Å²) >= 11 is 1.24. The Bertz CT molecular complexity index is 2230. The second-order valence-electron chi connectivity index (χ2n) is 10.7. The van der Waals surface area contributed by atoms with Gasteiger partial charge in [-0.25, -0.2) is 9.79 Å². The first-order chi connectivity index (χ1) is 23.4. The minimum atomic E-state index is -0.862. The highest BCUT2D eigenvalue weighted by molar-refractivity contribution is 7.07. The van der Waals surface area contributed by atoms with E-state index in [4.69, 9.17) is 29.2 Å². The molecule has 9 nitrogen and oxygen atoms in total. The maximum atomic E-state index is 14.3. The standard InChI is InChI=1S/C38H31N3O6S/c1-4-46-37(43)33-34(27-10-6-5-7-11-27)40-38-41(35(33)28-17-18-30(44-2)31(21-28)45-3)36(42)32(48-38)20-26-9-8-12-29(19-26)47-23-25-15-13-24(22-39)14-16-25/h5-21,35H,4,23H2,1-3H3/b32-20-/t35-/m1/s1. The van der Waals surface area contributed by atoms with Crippen molar-refractivity contribution in [1.29, 1.82) is 5.26 Å². The van der Waals surface area contributed by atoms with Crippen LogP contribution in [0.15, 0.2) is 112 Å². The molecule has 240 valence electrons. The predicted molar refractivity (Wildman–Crippen MR) is 183 cm³/mol. The van der Waals surface area contributed by atoms with Gasteiger partial charge in [0.25, 0.3) is 5.56 Å². The van der Waals surface area contributed by atoms with Gasteiger partial charge in [0.15, 0.2) is 16.3 Å². The second kappa shape index (κ2) is 14.2. The number of aromatic nitrogens is 1. The average Bonchev–Trinajstić information content (AvgIpc) is 3.44. The van der Waals surface area contributed by atoms with Crippen molar-refractivity contribution >= 4 is 29.1 Å². The van der Waals surface area contributed by atoms with E-state index < -0.39 is 12.0 Å². The summed E-state index contributed by atoms with van der Waals surface area (Å²) in [7, 11) is 3.08. The fourth-order valence-electron chi connectivity index (χ4n) is 5.47. The molecule has 4 aromatic carbocycles. The zero-order chi connectivity index (χ0) is 33.6. The molecule has 48 heavy (non-hydrogen) atoms. The Labute approximate surface area is 280 Å². The van der Waals surface area contributed by atoms with E-state index in [0.717, 1.165) is 16.7 Å². The van der Waals surface area contributed by atoms with E-state index in [1.807, 2.05) is 72.8 Å². The molecule has 1 aliphatic rings. The number of thiazole rings is 1. The van der Waals surface area contributed by atoms with Crippen molar-refractivity contribution in [2.24, 2.45) is 4.99 Å². The number of methoxy groups -OCH3 is 2. The topological polar surface area (TPSA) is 112 Å². The van der Waals surface area contributed by atoms with Gasteiger partial charge in [0.05, 0.1) is 54.3 Å². The number of carbonyl (C=O) groups is 1. The molecule has 1 atom stereocenters. The van der Waals surface area contributed by atoms with Crippen molar-refractivity contribution in [2.45, 2.75) is 19.6 Å². The van der Waals surface area contributed by atoms with Crippen molar-refractivity contribution in [2.75, 3.05) is 20.8 Å². The zero-order valence-electron chi connectivity index (χ0n) is 26.5. The highest BCUT2D eigenvalue weighted by Crippen LogP contribution is 2.38. The van der Waals surface area contributed by atoms with Crippen molar-refractivity contribution in [3.8, 4) is 23.3 Å². The highest BCUT2D eigenvalue weighted by Gasteiger charge is 2.35. The zero-order valence-corrected chi connectivity index (χ0v) is 27.3. The van der Waals surface area contributed by atoms with Gasteiger partial charge in [0.2, 0.25) is 0 Å². The maximum absolute atomic E-state index is 14.3. The SMILES string of the molecule is CCOC(=O)C1=C(c2ccccc2)N=c2s/c(=C\c3cccc(OCc4ccc(C#N)cc4)c3)c(=O)n2[C@@H]1c1ccc(OC)c(OC)c1. The third-order valence-electron chi connectivity index (χ3n) is 7.74. The lowest BCUT2D eigenvalue weighted by atomic mass is 9.93. The third-order valence-corrected chi connectivity index (χ3v) is 8.72. The van der Waals surface area contributed by atoms with E-state index in [2.05, 4.69) is 6.07 Å². The van der Waals surface area contributed by atoms with Crippen molar-refractivity contribution in [3.05, 3.63) is 150 Å². The molecule has 0 radical (unpaired) electrons. The van der Waals surface area contributed by atoms with Gasteiger partial charge < -0.3 is 18.9 Å². The molecule has 0 saturated carbocycles. The highest BCUT2D eigenvalue weighted by atomic mass is 32.1. The summed E-state index contributed by atoms with van der Waals surface area (Å²) in [5.41, 5.74) is 3.98. The van der Waals surface area contributed by atoms with Gasteiger partial charge in [-0.05, 0) is 66.1 Å². The number of ether oxygens (including phenoxy) is 4. The van der Waals surface area contributed by atoms with E-state index in [9.17, 15) is 9.59 Å². The molecule has 1 aliphatic heterocycles. The number of nitriles is 1. The molecule has 0 fully saturated rings. The number of hydrogen-bond donors (Lipinski definition) is 0. The molecule has 0 spiro atoms. The van der Waals surface area contributed by atoms with Crippen LogP contribution in [0.2, 0.25) is 0 Å². The molecule has 0 bridgehead atoms. The van der Waals surface area contributed by atoms with E-state index in [0.29, 0.717) is 50.0 Å². The van der Waals surface area contributed by atoms with Crippen LogP contribution in [0, 0.1) is 11.3 Å². The molecule has 2 heterocycles. The Balaban J connectivity index is 1.48. The Kier molecular flexibility index (Phi) is 9.50. The molecule has 6 rings (SSSR count). The second-order valence-corrected chi connectivity index (χ2v) is 11.7. The van der Waals surface area contributed by atoms with Crippen LogP contribution in [0.1, 0.15) is 40.8 Å². The molecule has 1 aromatic heterocycles. The van der Waals surface area contributed by atoms with Crippen LogP contribution < -0.4 is 29.1 Å². The summed E-state index contributed by atoms with van der Waals surface area (Å²) in [6.07, 6.45) is 1.79. The summed E-state index contributed by atoms with van der Waals surface area (Å²) in [6, 6.07) is 30.6. The molecule has 0 saturated heterocycles. The fraction of sp³-hybridized carbons (Fsp3) is 0.158. The van der Waals surface area contributed by atoms with Crippen LogP contribution in [0.4, 0.5) is 0 Å². The average molecular weight is 658 g/mol. The van der Waals surface area contributed by atoms with Gasteiger partial charge >= 0.3 is 5.97 Å². The Hall–Kier alpha value is -5.92. The smallest absolute Gasteiger partial charge is 0.338 e. The molecule has 0 amide bonds. The van der Waals surface area contributed by atoms with Crippen LogP contribution in [-0.2, 0) is 16.1 Å². The largest absolute Gasteiger partial charge is 0.493 e. The molecular weight excluding hydrogens is 627 g/mol. The summed E-state index contributed by atoms with van der Waals surface area (Å²) in [5, 5.41) is 9.05. The Morgan fingerprint density at radius 1 is 0.958 bits per heavy atom. The molecule has 0 aliphatic carbocycles. The fourth-order valence-corrected chi connectivity index (χ4v) is 6.47. The number of nitrogens with zero attached hydrogens (tertiary/aromatic N) is 3. The van der Waals surface area contributed by atoms with E-state index in [1.165, 1.54) is 18.4 Å². The van der Waals surface area contributed by atoms with Gasteiger partial charge in [-0.2, -0.15) is 5.26 Å². The number of carbonyl (C=O) groups excluding carboxylic acids is 1. The first kappa shape index (κ1) is 32.0. The van der Waals surface area contributed by atoms with Crippen LogP contribution in [-0.4, -0.2) is 31.4 Å². The first-order valence-electron chi connectivity index (χ1n) is 15.2. The van der Waals surface area contributed by atoms with E-state index >= 15 is 0 Å². The molecule has 5 aromatic rings. The Morgan fingerprint density at radius 2 is 1.73 bits per heavy atom.